The van der Waals surface area contributed by atoms with Crippen molar-refractivity contribution in [2.24, 2.45) is 0 Å². The zero-order chi connectivity index (χ0) is 12.3. The van der Waals surface area contributed by atoms with Crippen molar-refractivity contribution < 1.29 is 4.74 Å². The molecule has 2 rings (SSSR count). The van der Waals surface area contributed by atoms with Gasteiger partial charge in [0.05, 0.1) is 11.6 Å². The minimum atomic E-state index is -0.110. The van der Waals surface area contributed by atoms with Crippen LogP contribution in [0.15, 0.2) is 18.5 Å². The van der Waals surface area contributed by atoms with Crippen LogP contribution in [0, 0.1) is 6.92 Å². The molecule has 1 aromatic rings. The van der Waals surface area contributed by atoms with Gasteiger partial charge in [-0.1, -0.05) is 0 Å². The normalized spacial score (nSPS) is 26.8. The molecule has 3 heteroatoms. The highest BCUT2D eigenvalue weighted by Crippen LogP contribution is 2.37. The summed E-state index contributed by atoms with van der Waals surface area (Å²) >= 11 is 0. The van der Waals surface area contributed by atoms with Gasteiger partial charge in [-0.05, 0) is 57.4 Å². The van der Waals surface area contributed by atoms with Crippen molar-refractivity contribution in [2.75, 3.05) is 13.7 Å². The van der Waals surface area contributed by atoms with Crippen molar-refractivity contribution in [3.8, 4) is 0 Å². The van der Waals surface area contributed by atoms with Crippen LogP contribution in [-0.2, 0) is 4.74 Å². The first kappa shape index (κ1) is 12.5. The van der Waals surface area contributed by atoms with Crippen LogP contribution in [0.4, 0.5) is 0 Å². The van der Waals surface area contributed by atoms with Crippen LogP contribution >= 0.6 is 0 Å². The van der Waals surface area contributed by atoms with Crippen LogP contribution in [0.25, 0.3) is 0 Å². The molecule has 2 atom stereocenters. The molecule has 17 heavy (non-hydrogen) atoms. The van der Waals surface area contributed by atoms with Gasteiger partial charge in [0.25, 0.3) is 0 Å². The number of nitrogens with one attached hydrogen (secondary N) is 1. The molecule has 1 saturated heterocycles. The molecule has 0 amide bonds. The number of aromatic nitrogens is 1. The highest BCUT2D eigenvalue weighted by atomic mass is 16.5. The molecule has 1 aliphatic rings. The second kappa shape index (κ2) is 5.15. The van der Waals surface area contributed by atoms with Gasteiger partial charge >= 0.3 is 0 Å². The Labute approximate surface area is 104 Å². The lowest BCUT2D eigenvalue weighted by atomic mass is 9.83. The van der Waals surface area contributed by atoms with Crippen LogP contribution in [0.2, 0.25) is 0 Å². The largest absolute Gasteiger partial charge is 0.373 e. The van der Waals surface area contributed by atoms with Crippen LogP contribution in [0.3, 0.4) is 0 Å². The van der Waals surface area contributed by atoms with Crippen molar-refractivity contribution in [1.29, 1.82) is 0 Å². The summed E-state index contributed by atoms with van der Waals surface area (Å²) in [7, 11) is 2.00. The Morgan fingerprint density at radius 3 is 2.88 bits per heavy atom. The Morgan fingerprint density at radius 1 is 1.47 bits per heavy atom. The number of hydrogen-bond donors (Lipinski definition) is 1. The Hall–Kier alpha value is -0.930. The van der Waals surface area contributed by atoms with Crippen molar-refractivity contribution >= 4 is 0 Å². The van der Waals surface area contributed by atoms with Gasteiger partial charge in [0, 0.05) is 19.0 Å². The molecule has 0 aromatic carbocycles. The highest BCUT2D eigenvalue weighted by molar-refractivity contribution is 5.27. The third-order valence-electron chi connectivity index (χ3n) is 3.79. The monoisotopic (exact) mass is 234 g/mol. The number of hydrogen-bond acceptors (Lipinski definition) is 3. The zero-order valence-corrected chi connectivity index (χ0v) is 11.0. The van der Waals surface area contributed by atoms with E-state index in [9.17, 15) is 0 Å². The number of pyridine rings is 1. The van der Waals surface area contributed by atoms with Gasteiger partial charge in [-0.3, -0.25) is 4.98 Å². The van der Waals surface area contributed by atoms with E-state index in [2.05, 4.69) is 30.2 Å². The van der Waals surface area contributed by atoms with E-state index < -0.39 is 0 Å². The molecule has 1 fully saturated rings. The Morgan fingerprint density at radius 2 is 2.29 bits per heavy atom. The lowest BCUT2D eigenvalue weighted by Gasteiger charge is -2.41. The first-order valence-corrected chi connectivity index (χ1v) is 6.39. The first-order valence-electron chi connectivity index (χ1n) is 6.39. The van der Waals surface area contributed by atoms with Gasteiger partial charge in [0.1, 0.15) is 0 Å². The third-order valence-corrected chi connectivity index (χ3v) is 3.79. The second-order valence-electron chi connectivity index (χ2n) is 5.07. The molecule has 3 nitrogen and oxygen atoms in total. The van der Waals surface area contributed by atoms with Gasteiger partial charge in [-0.2, -0.15) is 0 Å². The maximum atomic E-state index is 6.04. The van der Waals surface area contributed by atoms with E-state index in [4.69, 9.17) is 4.74 Å². The number of nitrogens with zero attached hydrogens (tertiary/aromatic N) is 1. The molecule has 0 spiro atoms. The molecule has 0 radical (unpaired) electrons. The zero-order valence-electron chi connectivity index (χ0n) is 11.0. The molecule has 94 valence electrons. The molecular formula is C14H22N2O. The Balaban J connectivity index is 2.29. The molecular weight excluding hydrogens is 212 g/mol. The van der Waals surface area contributed by atoms with E-state index >= 15 is 0 Å². The maximum absolute atomic E-state index is 6.04. The van der Waals surface area contributed by atoms with Crippen LogP contribution in [-0.4, -0.2) is 24.2 Å². The second-order valence-corrected chi connectivity index (χ2v) is 5.07. The topological polar surface area (TPSA) is 34.2 Å². The summed E-state index contributed by atoms with van der Waals surface area (Å²) < 4.78 is 6.04. The fourth-order valence-corrected chi connectivity index (χ4v) is 2.75. The molecule has 2 unspecified atom stereocenters. The van der Waals surface area contributed by atoms with E-state index in [0.717, 1.165) is 13.0 Å². The standard InChI is InChI=1S/C14H22N2O/c1-11-6-8-16-10-12(11)13(15-3)14(2)7-4-5-9-17-14/h6,8,10,13,15H,4-5,7,9H2,1-3H3. The van der Waals surface area contributed by atoms with Crippen LogP contribution < -0.4 is 5.32 Å². The quantitative estimate of drug-likeness (QED) is 0.873. The maximum Gasteiger partial charge on any atom is 0.0848 e. The minimum Gasteiger partial charge on any atom is -0.373 e. The van der Waals surface area contributed by atoms with E-state index in [1.54, 1.807) is 0 Å². The van der Waals surface area contributed by atoms with Gasteiger partial charge in [0.2, 0.25) is 0 Å². The molecule has 1 N–H and O–H groups in total. The summed E-state index contributed by atoms with van der Waals surface area (Å²) in [6.07, 6.45) is 7.33. The van der Waals surface area contributed by atoms with Crippen molar-refractivity contribution in [3.05, 3.63) is 29.6 Å². The van der Waals surface area contributed by atoms with E-state index in [-0.39, 0.29) is 11.6 Å². The van der Waals surface area contributed by atoms with Crippen molar-refractivity contribution in [1.82, 2.24) is 10.3 Å². The van der Waals surface area contributed by atoms with Gasteiger partial charge in [-0.25, -0.2) is 0 Å². The lowest BCUT2D eigenvalue weighted by molar-refractivity contribution is -0.0886. The lowest BCUT2D eigenvalue weighted by Crippen LogP contribution is -2.45. The van der Waals surface area contributed by atoms with Crippen LogP contribution in [0.1, 0.15) is 43.4 Å². The Kier molecular flexibility index (Phi) is 3.79. The van der Waals surface area contributed by atoms with Gasteiger partial charge in [0.15, 0.2) is 0 Å². The fraction of sp³-hybridized carbons (Fsp3) is 0.643. The number of likely N-dealkylation sites (N-methyl/N-ethyl adjacent to an activating group) is 1. The minimum absolute atomic E-state index is 0.110. The van der Waals surface area contributed by atoms with Crippen molar-refractivity contribution in [2.45, 2.75) is 44.8 Å². The van der Waals surface area contributed by atoms with Gasteiger partial charge < -0.3 is 10.1 Å². The summed E-state index contributed by atoms with van der Waals surface area (Å²) in [5, 5.41) is 3.40. The molecule has 0 saturated carbocycles. The summed E-state index contributed by atoms with van der Waals surface area (Å²) in [5.41, 5.74) is 2.41. The van der Waals surface area contributed by atoms with Crippen LogP contribution in [0.5, 0.6) is 0 Å². The first-order chi connectivity index (χ1) is 8.17. The predicted molar refractivity (Wildman–Crippen MR) is 69.0 cm³/mol. The van der Waals surface area contributed by atoms with Crippen molar-refractivity contribution in [3.63, 3.8) is 0 Å². The highest BCUT2D eigenvalue weighted by Gasteiger charge is 2.37. The average Bonchev–Trinajstić information content (AvgIpc) is 2.33. The molecule has 1 aromatic heterocycles. The molecule has 1 aliphatic heterocycles. The third kappa shape index (κ3) is 2.50. The number of rotatable bonds is 3. The SMILES string of the molecule is CNC(c1cnccc1C)C1(C)CCCCO1. The van der Waals surface area contributed by atoms with E-state index in [1.165, 1.54) is 24.0 Å². The summed E-state index contributed by atoms with van der Waals surface area (Å²) in [6.45, 7) is 5.21. The summed E-state index contributed by atoms with van der Waals surface area (Å²) in [6, 6.07) is 2.28. The van der Waals surface area contributed by atoms with E-state index in [0.29, 0.717) is 0 Å². The molecule has 2 heterocycles. The average molecular weight is 234 g/mol. The number of aryl methyl sites for hydroxylation is 1. The number of ether oxygens (including phenoxy) is 1. The van der Waals surface area contributed by atoms with Gasteiger partial charge in [-0.15, -0.1) is 0 Å². The molecule has 0 aliphatic carbocycles. The molecule has 0 bridgehead atoms. The summed E-state index contributed by atoms with van der Waals surface area (Å²) in [4.78, 5) is 4.24. The summed E-state index contributed by atoms with van der Waals surface area (Å²) in [5.74, 6) is 0. The predicted octanol–water partition coefficient (Wildman–Crippen LogP) is 2.61. The smallest absolute Gasteiger partial charge is 0.0848 e. The Bertz CT molecular complexity index is 372. The van der Waals surface area contributed by atoms with E-state index in [1.807, 2.05) is 19.4 Å². The fourth-order valence-electron chi connectivity index (χ4n) is 2.75.